The third kappa shape index (κ3) is 4.66. The highest BCUT2D eigenvalue weighted by atomic mass is 32.2. The second-order valence-electron chi connectivity index (χ2n) is 8.31. The number of thiazole rings is 1. The molecule has 33 heavy (non-hydrogen) atoms. The molecule has 0 N–H and O–H groups in total. The molecule has 1 saturated heterocycles. The SMILES string of the molecule is C/C(=C1/S/C(=N/c2nc(-c3ccccc3)cs2)N(C2CCCCC2)C1=O)c1ccc(F)cc1. The fourth-order valence-electron chi connectivity index (χ4n) is 4.33. The molecule has 1 aliphatic carbocycles. The smallest absolute Gasteiger partial charge is 0.267 e. The maximum atomic E-state index is 13.6. The predicted molar refractivity (Wildman–Crippen MR) is 135 cm³/mol. The first kappa shape index (κ1) is 22.0. The molecule has 5 rings (SSSR count). The van der Waals surface area contributed by atoms with Crippen LogP contribution in [0, 0.1) is 5.82 Å². The molecule has 4 nitrogen and oxygen atoms in total. The number of amidine groups is 1. The molecule has 2 fully saturated rings. The van der Waals surface area contributed by atoms with Gasteiger partial charge < -0.3 is 0 Å². The van der Waals surface area contributed by atoms with E-state index in [0.717, 1.165) is 48.1 Å². The zero-order valence-electron chi connectivity index (χ0n) is 18.3. The van der Waals surface area contributed by atoms with Crippen molar-refractivity contribution in [1.82, 2.24) is 9.88 Å². The molecule has 1 amide bonds. The highest BCUT2D eigenvalue weighted by Crippen LogP contribution is 2.41. The number of carbonyl (C=O) groups is 1. The van der Waals surface area contributed by atoms with Crippen LogP contribution in [0.5, 0.6) is 0 Å². The Morgan fingerprint density at radius 2 is 1.79 bits per heavy atom. The second-order valence-corrected chi connectivity index (χ2v) is 10.1. The van der Waals surface area contributed by atoms with Crippen molar-refractivity contribution in [3.63, 3.8) is 0 Å². The summed E-state index contributed by atoms with van der Waals surface area (Å²) >= 11 is 2.89. The van der Waals surface area contributed by atoms with E-state index in [1.165, 1.54) is 41.7 Å². The van der Waals surface area contributed by atoms with Gasteiger partial charge in [0.1, 0.15) is 5.82 Å². The number of hydrogen-bond acceptors (Lipinski definition) is 5. The molecule has 0 bridgehead atoms. The van der Waals surface area contributed by atoms with E-state index >= 15 is 0 Å². The number of nitrogens with zero attached hydrogens (tertiary/aromatic N) is 3. The largest absolute Gasteiger partial charge is 0.283 e. The first-order valence-corrected chi connectivity index (χ1v) is 12.9. The van der Waals surface area contributed by atoms with Gasteiger partial charge in [-0.1, -0.05) is 61.7 Å². The minimum absolute atomic E-state index is 0.00712. The van der Waals surface area contributed by atoms with E-state index < -0.39 is 0 Å². The van der Waals surface area contributed by atoms with Crippen LogP contribution >= 0.6 is 23.1 Å². The van der Waals surface area contributed by atoms with Crippen LogP contribution in [0.3, 0.4) is 0 Å². The van der Waals surface area contributed by atoms with Gasteiger partial charge >= 0.3 is 0 Å². The Hall–Kier alpha value is -2.77. The van der Waals surface area contributed by atoms with Crippen molar-refractivity contribution < 1.29 is 9.18 Å². The molecule has 2 aromatic carbocycles. The quantitative estimate of drug-likeness (QED) is 0.371. The Morgan fingerprint density at radius 1 is 1.06 bits per heavy atom. The lowest BCUT2D eigenvalue weighted by molar-refractivity contribution is -0.124. The number of aromatic nitrogens is 1. The lowest BCUT2D eigenvalue weighted by Crippen LogP contribution is -2.40. The summed E-state index contributed by atoms with van der Waals surface area (Å²) in [6.45, 7) is 1.92. The number of aliphatic imine (C=N–C) groups is 1. The summed E-state index contributed by atoms with van der Waals surface area (Å²) in [6, 6.07) is 16.5. The molecule has 0 radical (unpaired) electrons. The van der Waals surface area contributed by atoms with Crippen LogP contribution in [0.1, 0.15) is 44.6 Å². The molecule has 1 saturated carbocycles. The molecule has 0 spiro atoms. The van der Waals surface area contributed by atoms with Crippen LogP contribution in [0.4, 0.5) is 9.52 Å². The third-order valence-electron chi connectivity index (χ3n) is 6.12. The molecule has 7 heteroatoms. The summed E-state index contributed by atoms with van der Waals surface area (Å²) in [7, 11) is 0. The Balaban J connectivity index is 1.51. The van der Waals surface area contributed by atoms with Crippen molar-refractivity contribution in [1.29, 1.82) is 0 Å². The fourth-order valence-corrected chi connectivity index (χ4v) is 6.18. The summed E-state index contributed by atoms with van der Waals surface area (Å²) in [4.78, 5) is 25.7. The number of carbonyl (C=O) groups excluding carboxylic acids is 1. The Kier molecular flexibility index (Phi) is 6.42. The summed E-state index contributed by atoms with van der Waals surface area (Å²) in [5.74, 6) is -0.293. The van der Waals surface area contributed by atoms with Crippen molar-refractivity contribution in [3.05, 3.63) is 76.3 Å². The predicted octanol–water partition coefficient (Wildman–Crippen LogP) is 7.28. The molecule has 1 aliphatic heterocycles. The Labute approximate surface area is 201 Å². The first-order valence-electron chi connectivity index (χ1n) is 11.2. The number of allylic oxidation sites excluding steroid dienone is 1. The van der Waals surface area contributed by atoms with Gasteiger partial charge in [-0.3, -0.25) is 9.69 Å². The minimum Gasteiger partial charge on any atom is -0.283 e. The zero-order valence-corrected chi connectivity index (χ0v) is 20.0. The number of benzene rings is 2. The van der Waals surface area contributed by atoms with Gasteiger partial charge in [-0.05, 0) is 54.8 Å². The monoisotopic (exact) mass is 477 g/mol. The van der Waals surface area contributed by atoms with Crippen LogP contribution < -0.4 is 0 Å². The normalized spacial score (nSPS) is 20.0. The van der Waals surface area contributed by atoms with E-state index in [1.807, 2.05) is 47.5 Å². The third-order valence-corrected chi connectivity index (χ3v) is 8.01. The number of rotatable bonds is 4. The van der Waals surface area contributed by atoms with Crippen molar-refractivity contribution in [2.45, 2.75) is 45.1 Å². The van der Waals surface area contributed by atoms with Gasteiger partial charge in [0.25, 0.3) is 5.91 Å². The maximum absolute atomic E-state index is 13.6. The van der Waals surface area contributed by atoms with Crippen LogP contribution in [0.2, 0.25) is 0 Å². The van der Waals surface area contributed by atoms with Crippen LogP contribution in [0.15, 0.2) is 69.9 Å². The van der Waals surface area contributed by atoms with Gasteiger partial charge in [0.2, 0.25) is 5.13 Å². The van der Waals surface area contributed by atoms with Gasteiger partial charge in [-0.25, -0.2) is 9.37 Å². The van der Waals surface area contributed by atoms with Gasteiger partial charge in [0.05, 0.1) is 10.6 Å². The lowest BCUT2D eigenvalue weighted by atomic mass is 9.94. The molecule has 3 aromatic rings. The summed E-state index contributed by atoms with van der Waals surface area (Å²) in [6.07, 6.45) is 5.43. The number of amides is 1. The van der Waals surface area contributed by atoms with E-state index in [4.69, 9.17) is 9.98 Å². The van der Waals surface area contributed by atoms with E-state index in [9.17, 15) is 9.18 Å². The van der Waals surface area contributed by atoms with Gasteiger partial charge in [0, 0.05) is 17.0 Å². The highest BCUT2D eigenvalue weighted by molar-refractivity contribution is 8.18. The number of hydrogen-bond donors (Lipinski definition) is 0. The Morgan fingerprint density at radius 3 is 2.52 bits per heavy atom. The molecular weight excluding hydrogens is 453 g/mol. The number of thioether (sulfide) groups is 1. The van der Waals surface area contributed by atoms with Crippen LogP contribution in [-0.4, -0.2) is 27.0 Å². The summed E-state index contributed by atoms with van der Waals surface area (Å²) in [5.41, 5.74) is 3.63. The average Bonchev–Trinajstić information content (AvgIpc) is 3.45. The minimum atomic E-state index is -0.286. The van der Waals surface area contributed by atoms with E-state index in [-0.39, 0.29) is 17.8 Å². The van der Waals surface area contributed by atoms with Crippen molar-refractivity contribution >= 4 is 44.9 Å². The molecule has 168 valence electrons. The van der Waals surface area contributed by atoms with E-state index in [0.29, 0.717) is 15.2 Å². The molecule has 1 aromatic heterocycles. The second kappa shape index (κ2) is 9.61. The Bertz CT molecular complexity index is 1210. The molecule has 0 atom stereocenters. The van der Waals surface area contributed by atoms with Gasteiger partial charge in [-0.15, -0.1) is 11.3 Å². The van der Waals surface area contributed by atoms with Gasteiger partial charge in [-0.2, -0.15) is 4.99 Å². The molecule has 2 aliphatic rings. The van der Waals surface area contributed by atoms with Crippen LogP contribution in [0.25, 0.3) is 16.8 Å². The fraction of sp³-hybridized carbons (Fsp3) is 0.269. The average molecular weight is 478 g/mol. The van der Waals surface area contributed by atoms with Crippen molar-refractivity contribution in [3.8, 4) is 11.3 Å². The van der Waals surface area contributed by atoms with Gasteiger partial charge in [0.15, 0.2) is 5.17 Å². The first-order chi connectivity index (χ1) is 16.1. The summed E-state index contributed by atoms with van der Waals surface area (Å²) in [5, 5.41) is 3.34. The van der Waals surface area contributed by atoms with E-state index in [1.54, 1.807) is 12.1 Å². The molecular formula is C26H24FN3OS2. The number of halogens is 1. The highest BCUT2D eigenvalue weighted by Gasteiger charge is 2.40. The van der Waals surface area contributed by atoms with Crippen molar-refractivity contribution in [2.75, 3.05) is 0 Å². The molecule has 0 unspecified atom stereocenters. The summed E-state index contributed by atoms with van der Waals surface area (Å²) < 4.78 is 13.4. The van der Waals surface area contributed by atoms with E-state index in [2.05, 4.69) is 0 Å². The van der Waals surface area contributed by atoms with Crippen LogP contribution in [-0.2, 0) is 4.79 Å². The standard InChI is InChI=1S/C26H24FN3OS2/c1-17(18-12-14-20(27)15-13-18)23-24(31)30(21-10-6-3-7-11-21)26(33-23)29-25-28-22(16-32-25)19-8-4-2-5-9-19/h2,4-5,8-9,12-16,21H,3,6-7,10-11H2,1H3/b23-17-,29-26+. The molecule has 2 heterocycles. The zero-order chi connectivity index (χ0) is 22.8. The van der Waals surface area contributed by atoms with Crippen molar-refractivity contribution in [2.24, 2.45) is 4.99 Å². The topological polar surface area (TPSA) is 45.6 Å². The lowest BCUT2D eigenvalue weighted by Gasteiger charge is -2.30. The maximum Gasteiger partial charge on any atom is 0.267 e.